The molecule has 1 atom stereocenters. The van der Waals surface area contributed by atoms with Crippen LogP contribution < -0.4 is 10.6 Å². The number of rotatable bonds is 4. The molecule has 0 saturated carbocycles. The molecule has 0 spiro atoms. The van der Waals surface area contributed by atoms with E-state index in [0.717, 1.165) is 26.2 Å². The molecule has 0 amide bonds. The molecular formula is C14H22N4S. The van der Waals surface area contributed by atoms with Crippen molar-refractivity contribution in [1.29, 1.82) is 0 Å². The minimum atomic E-state index is 0.361. The van der Waals surface area contributed by atoms with Crippen LogP contribution in [0.25, 0.3) is 0 Å². The van der Waals surface area contributed by atoms with E-state index in [1.807, 2.05) is 12.1 Å². The van der Waals surface area contributed by atoms with E-state index in [0.29, 0.717) is 16.7 Å². The lowest BCUT2D eigenvalue weighted by Gasteiger charge is -2.39. The van der Waals surface area contributed by atoms with Crippen molar-refractivity contribution in [3.05, 3.63) is 24.0 Å². The lowest BCUT2D eigenvalue weighted by molar-refractivity contribution is 0.193. The van der Waals surface area contributed by atoms with Crippen LogP contribution in [0.2, 0.25) is 0 Å². The summed E-state index contributed by atoms with van der Waals surface area (Å²) in [5, 5.41) is 0. The second-order valence-electron chi connectivity index (χ2n) is 5.04. The Morgan fingerprint density at radius 1 is 1.42 bits per heavy atom. The first kappa shape index (κ1) is 14.2. The van der Waals surface area contributed by atoms with Crippen LogP contribution in [-0.2, 0) is 0 Å². The summed E-state index contributed by atoms with van der Waals surface area (Å²) in [5.41, 5.74) is 7.51. The van der Waals surface area contributed by atoms with Gasteiger partial charge in [-0.1, -0.05) is 19.1 Å². The Labute approximate surface area is 120 Å². The maximum Gasteiger partial charge on any atom is 0.122 e. The maximum atomic E-state index is 5.63. The van der Waals surface area contributed by atoms with Gasteiger partial charge >= 0.3 is 0 Å². The van der Waals surface area contributed by atoms with E-state index in [1.165, 1.54) is 12.1 Å². The summed E-state index contributed by atoms with van der Waals surface area (Å²) >= 11 is 4.98. The van der Waals surface area contributed by atoms with E-state index in [2.05, 4.69) is 28.6 Å². The predicted molar refractivity (Wildman–Crippen MR) is 83.7 cm³/mol. The molecule has 0 radical (unpaired) electrons. The average molecular weight is 278 g/mol. The Bertz CT molecular complexity index is 441. The van der Waals surface area contributed by atoms with Gasteiger partial charge in [-0.15, -0.1) is 0 Å². The Hall–Kier alpha value is -1.20. The van der Waals surface area contributed by atoms with Gasteiger partial charge in [0.15, 0.2) is 0 Å². The normalized spacial score (nSPS) is 18.3. The van der Waals surface area contributed by atoms with Gasteiger partial charge in [-0.05, 0) is 25.5 Å². The highest BCUT2D eigenvalue weighted by Gasteiger charge is 2.20. The van der Waals surface area contributed by atoms with E-state index >= 15 is 0 Å². The third-order valence-electron chi connectivity index (χ3n) is 3.89. The quantitative estimate of drug-likeness (QED) is 0.848. The zero-order chi connectivity index (χ0) is 13.8. The van der Waals surface area contributed by atoms with Crippen LogP contribution in [0.4, 0.5) is 5.69 Å². The molecule has 1 fully saturated rings. The Morgan fingerprint density at radius 2 is 2.11 bits per heavy atom. The molecule has 1 saturated heterocycles. The number of anilines is 1. The summed E-state index contributed by atoms with van der Waals surface area (Å²) in [7, 11) is 0. The van der Waals surface area contributed by atoms with Crippen LogP contribution in [0.3, 0.4) is 0 Å². The molecule has 2 N–H and O–H groups in total. The molecule has 2 rings (SSSR count). The molecular weight excluding hydrogens is 256 g/mol. The fourth-order valence-corrected chi connectivity index (χ4v) is 2.54. The van der Waals surface area contributed by atoms with Crippen molar-refractivity contribution in [2.75, 3.05) is 31.1 Å². The third kappa shape index (κ3) is 3.42. The third-order valence-corrected chi connectivity index (χ3v) is 4.10. The van der Waals surface area contributed by atoms with Crippen molar-refractivity contribution >= 4 is 22.9 Å². The summed E-state index contributed by atoms with van der Waals surface area (Å²) < 4.78 is 0. The number of pyridine rings is 1. The van der Waals surface area contributed by atoms with Crippen LogP contribution >= 0.6 is 12.2 Å². The minimum absolute atomic E-state index is 0.361. The van der Waals surface area contributed by atoms with Gasteiger partial charge in [0.25, 0.3) is 0 Å². The highest BCUT2D eigenvalue weighted by molar-refractivity contribution is 7.80. The number of thiocarbonyl (C=S) groups is 1. The number of nitrogens with two attached hydrogens (primary N) is 1. The zero-order valence-electron chi connectivity index (χ0n) is 11.7. The van der Waals surface area contributed by atoms with Crippen LogP contribution in [0.15, 0.2) is 18.3 Å². The topological polar surface area (TPSA) is 45.4 Å². The SMILES string of the molecule is CCC(C)N1CCN(c2ccnc(C(N)=S)c2)CC1. The molecule has 4 nitrogen and oxygen atoms in total. The molecule has 1 unspecified atom stereocenters. The standard InChI is InChI=1S/C14H22N4S/c1-3-11(2)17-6-8-18(9-7-17)12-4-5-16-13(10-12)14(15)19/h4-5,10-11H,3,6-9H2,1-2H3,(H2,15,19). The Balaban J connectivity index is 2.01. The summed E-state index contributed by atoms with van der Waals surface area (Å²) in [6.07, 6.45) is 2.99. The van der Waals surface area contributed by atoms with Gasteiger partial charge in [-0.25, -0.2) is 0 Å². The lowest BCUT2D eigenvalue weighted by Crippen LogP contribution is -2.49. The van der Waals surface area contributed by atoms with Gasteiger partial charge in [0, 0.05) is 44.1 Å². The van der Waals surface area contributed by atoms with Gasteiger partial charge < -0.3 is 10.6 Å². The first-order chi connectivity index (χ1) is 9.11. The molecule has 1 aromatic rings. The van der Waals surface area contributed by atoms with Crippen molar-refractivity contribution in [2.24, 2.45) is 5.73 Å². The molecule has 1 aliphatic heterocycles. The van der Waals surface area contributed by atoms with Crippen molar-refractivity contribution in [3.63, 3.8) is 0 Å². The molecule has 0 bridgehead atoms. The van der Waals surface area contributed by atoms with Crippen molar-refractivity contribution in [2.45, 2.75) is 26.3 Å². The van der Waals surface area contributed by atoms with Gasteiger partial charge in [-0.3, -0.25) is 9.88 Å². The van der Waals surface area contributed by atoms with Crippen molar-refractivity contribution in [3.8, 4) is 0 Å². The van der Waals surface area contributed by atoms with E-state index < -0.39 is 0 Å². The van der Waals surface area contributed by atoms with Gasteiger partial charge in [-0.2, -0.15) is 0 Å². The minimum Gasteiger partial charge on any atom is -0.388 e. The van der Waals surface area contributed by atoms with E-state index in [4.69, 9.17) is 18.0 Å². The van der Waals surface area contributed by atoms with E-state index in [9.17, 15) is 0 Å². The molecule has 2 heterocycles. The second-order valence-corrected chi connectivity index (χ2v) is 5.48. The first-order valence-corrected chi connectivity index (χ1v) is 7.27. The second kappa shape index (κ2) is 6.30. The van der Waals surface area contributed by atoms with E-state index in [-0.39, 0.29) is 0 Å². The van der Waals surface area contributed by atoms with Crippen LogP contribution in [0.5, 0.6) is 0 Å². The van der Waals surface area contributed by atoms with E-state index in [1.54, 1.807) is 6.20 Å². The Kier molecular flexibility index (Phi) is 4.71. The summed E-state index contributed by atoms with van der Waals surface area (Å²) in [6, 6.07) is 4.69. The molecule has 0 aromatic carbocycles. The number of hydrogen-bond donors (Lipinski definition) is 1. The molecule has 0 aliphatic carbocycles. The van der Waals surface area contributed by atoms with Crippen molar-refractivity contribution in [1.82, 2.24) is 9.88 Å². The first-order valence-electron chi connectivity index (χ1n) is 6.86. The fraction of sp³-hybridized carbons (Fsp3) is 0.571. The molecule has 104 valence electrons. The molecule has 1 aromatic heterocycles. The smallest absolute Gasteiger partial charge is 0.122 e. The monoisotopic (exact) mass is 278 g/mol. The highest BCUT2D eigenvalue weighted by Crippen LogP contribution is 2.18. The lowest BCUT2D eigenvalue weighted by atomic mass is 10.2. The van der Waals surface area contributed by atoms with Crippen LogP contribution in [0.1, 0.15) is 26.0 Å². The fourth-order valence-electron chi connectivity index (χ4n) is 2.43. The van der Waals surface area contributed by atoms with Crippen LogP contribution in [0, 0.1) is 0 Å². The maximum absolute atomic E-state index is 5.63. The Morgan fingerprint density at radius 3 is 2.68 bits per heavy atom. The largest absolute Gasteiger partial charge is 0.388 e. The zero-order valence-corrected chi connectivity index (χ0v) is 12.5. The van der Waals surface area contributed by atoms with Crippen molar-refractivity contribution < 1.29 is 0 Å². The summed E-state index contributed by atoms with van der Waals surface area (Å²) in [5.74, 6) is 0. The molecule has 1 aliphatic rings. The van der Waals surface area contributed by atoms with Crippen LogP contribution in [-0.4, -0.2) is 47.1 Å². The number of nitrogens with zero attached hydrogens (tertiary/aromatic N) is 3. The average Bonchev–Trinajstić information content (AvgIpc) is 2.46. The summed E-state index contributed by atoms with van der Waals surface area (Å²) in [6.45, 7) is 8.86. The van der Waals surface area contributed by atoms with Gasteiger partial charge in [0.1, 0.15) is 4.99 Å². The summed E-state index contributed by atoms with van der Waals surface area (Å²) in [4.78, 5) is 9.47. The number of piperazine rings is 1. The molecule has 19 heavy (non-hydrogen) atoms. The highest BCUT2D eigenvalue weighted by atomic mass is 32.1. The molecule has 5 heteroatoms. The van der Waals surface area contributed by atoms with Gasteiger partial charge in [0.2, 0.25) is 0 Å². The predicted octanol–water partition coefficient (Wildman–Crippen LogP) is 1.64. The number of aromatic nitrogens is 1. The van der Waals surface area contributed by atoms with Gasteiger partial charge in [0.05, 0.1) is 5.69 Å². The number of hydrogen-bond acceptors (Lipinski definition) is 4.